The Bertz CT molecular complexity index is 494. The van der Waals surface area contributed by atoms with Crippen LogP contribution in [0, 0.1) is 5.41 Å². The first kappa shape index (κ1) is 15.0. The molecule has 2 unspecified atom stereocenters. The van der Waals surface area contributed by atoms with Crippen molar-refractivity contribution in [2.24, 2.45) is 5.41 Å². The SMILES string of the molecule is CC(NC1c2ccccc2CCC1(C)C)C(=O)N(C)C. The Morgan fingerprint density at radius 1 is 1.35 bits per heavy atom. The van der Waals surface area contributed by atoms with Crippen LogP contribution in [0.15, 0.2) is 24.3 Å². The number of amides is 1. The second kappa shape index (κ2) is 5.57. The first-order chi connectivity index (χ1) is 9.33. The van der Waals surface area contributed by atoms with Gasteiger partial charge in [0.05, 0.1) is 6.04 Å². The molecule has 0 spiro atoms. The molecular weight excluding hydrogens is 248 g/mol. The maximum Gasteiger partial charge on any atom is 0.238 e. The predicted octanol–water partition coefficient (Wildman–Crippen LogP) is 2.77. The van der Waals surface area contributed by atoms with E-state index in [9.17, 15) is 4.79 Å². The molecule has 3 nitrogen and oxygen atoms in total. The number of rotatable bonds is 3. The second-order valence-corrected chi connectivity index (χ2v) is 6.74. The number of hydrogen-bond acceptors (Lipinski definition) is 2. The lowest BCUT2D eigenvalue weighted by Gasteiger charge is -2.42. The van der Waals surface area contributed by atoms with Crippen LogP contribution in [0.25, 0.3) is 0 Å². The third-order valence-corrected chi connectivity index (χ3v) is 4.41. The molecule has 110 valence electrons. The smallest absolute Gasteiger partial charge is 0.238 e. The molecule has 0 aliphatic heterocycles. The highest BCUT2D eigenvalue weighted by Gasteiger charge is 2.37. The van der Waals surface area contributed by atoms with Crippen LogP contribution in [0.2, 0.25) is 0 Å². The second-order valence-electron chi connectivity index (χ2n) is 6.74. The number of likely N-dealkylation sites (N-methyl/N-ethyl adjacent to an activating group) is 1. The van der Waals surface area contributed by atoms with Crippen LogP contribution in [0.3, 0.4) is 0 Å². The number of carbonyl (C=O) groups excluding carboxylic acids is 1. The topological polar surface area (TPSA) is 32.3 Å². The van der Waals surface area contributed by atoms with Crippen LogP contribution in [0.5, 0.6) is 0 Å². The van der Waals surface area contributed by atoms with Gasteiger partial charge in [0.1, 0.15) is 0 Å². The van der Waals surface area contributed by atoms with Gasteiger partial charge >= 0.3 is 0 Å². The van der Waals surface area contributed by atoms with Crippen molar-refractivity contribution in [3.63, 3.8) is 0 Å². The Balaban J connectivity index is 2.26. The van der Waals surface area contributed by atoms with E-state index in [4.69, 9.17) is 0 Å². The molecular formula is C17H26N2O. The fourth-order valence-corrected chi connectivity index (χ4v) is 3.09. The maximum absolute atomic E-state index is 12.1. The summed E-state index contributed by atoms with van der Waals surface area (Å²) in [5.41, 5.74) is 2.92. The zero-order valence-electron chi connectivity index (χ0n) is 13.2. The fourth-order valence-electron chi connectivity index (χ4n) is 3.09. The van der Waals surface area contributed by atoms with Gasteiger partial charge in [0.15, 0.2) is 0 Å². The largest absolute Gasteiger partial charge is 0.347 e. The lowest BCUT2D eigenvalue weighted by Crippen LogP contribution is -2.48. The first-order valence-corrected chi connectivity index (χ1v) is 7.38. The molecule has 1 aromatic rings. The van der Waals surface area contributed by atoms with Crippen LogP contribution >= 0.6 is 0 Å². The standard InChI is InChI=1S/C17H26N2O/c1-12(16(20)19(4)5)18-15-14-9-7-6-8-13(14)10-11-17(15,2)3/h6-9,12,15,18H,10-11H2,1-5H3. The van der Waals surface area contributed by atoms with E-state index < -0.39 is 0 Å². The molecule has 0 heterocycles. The number of aryl methyl sites for hydroxylation is 1. The molecule has 1 aromatic carbocycles. The van der Waals surface area contributed by atoms with Crippen LogP contribution in [-0.4, -0.2) is 30.9 Å². The molecule has 2 rings (SSSR count). The molecule has 20 heavy (non-hydrogen) atoms. The van der Waals surface area contributed by atoms with Crippen LogP contribution < -0.4 is 5.32 Å². The van der Waals surface area contributed by atoms with E-state index >= 15 is 0 Å². The van der Waals surface area contributed by atoms with Gasteiger partial charge in [-0.3, -0.25) is 10.1 Å². The van der Waals surface area contributed by atoms with Crippen molar-refractivity contribution in [2.45, 2.75) is 45.7 Å². The quantitative estimate of drug-likeness (QED) is 0.919. The van der Waals surface area contributed by atoms with Gasteiger partial charge in [-0.25, -0.2) is 0 Å². The molecule has 0 aromatic heterocycles. The summed E-state index contributed by atoms with van der Waals surface area (Å²) in [5, 5.41) is 3.56. The van der Waals surface area contributed by atoms with Crippen molar-refractivity contribution in [1.29, 1.82) is 0 Å². The lowest BCUT2D eigenvalue weighted by molar-refractivity contribution is -0.130. The zero-order valence-corrected chi connectivity index (χ0v) is 13.2. The van der Waals surface area contributed by atoms with Gasteiger partial charge in [-0.1, -0.05) is 38.1 Å². The van der Waals surface area contributed by atoms with Crippen LogP contribution in [0.1, 0.15) is 44.4 Å². The Kier molecular flexibility index (Phi) is 4.19. The van der Waals surface area contributed by atoms with Gasteiger partial charge in [-0.2, -0.15) is 0 Å². The maximum atomic E-state index is 12.1. The monoisotopic (exact) mass is 274 g/mol. The van der Waals surface area contributed by atoms with Crippen molar-refractivity contribution < 1.29 is 4.79 Å². The lowest BCUT2D eigenvalue weighted by atomic mass is 9.70. The fraction of sp³-hybridized carbons (Fsp3) is 0.588. The Labute approximate surface area is 122 Å². The highest BCUT2D eigenvalue weighted by atomic mass is 16.2. The van der Waals surface area contributed by atoms with Crippen LogP contribution in [0.4, 0.5) is 0 Å². The molecule has 0 bridgehead atoms. The summed E-state index contributed by atoms with van der Waals surface area (Å²) in [7, 11) is 3.61. The van der Waals surface area contributed by atoms with Crippen LogP contribution in [-0.2, 0) is 11.2 Å². The Morgan fingerprint density at radius 3 is 2.65 bits per heavy atom. The van der Waals surface area contributed by atoms with E-state index in [-0.39, 0.29) is 23.4 Å². The van der Waals surface area contributed by atoms with E-state index in [0.29, 0.717) is 0 Å². The van der Waals surface area contributed by atoms with E-state index in [1.165, 1.54) is 11.1 Å². The van der Waals surface area contributed by atoms with Gasteiger partial charge in [-0.15, -0.1) is 0 Å². The molecule has 0 saturated heterocycles. The molecule has 1 aliphatic carbocycles. The van der Waals surface area contributed by atoms with Crippen molar-refractivity contribution in [2.75, 3.05) is 14.1 Å². The molecule has 1 N–H and O–H groups in total. The Hall–Kier alpha value is -1.35. The van der Waals surface area contributed by atoms with Crippen molar-refractivity contribution in [1.82, 2.24) is 10.2 Å². The minimum absolute atomic E-state index is 0.129. The average Bonchev–Trinajstić information content (AvgIpc) is 2.41. The summed E-state index contributed by atoms with van der Waals surface area (Å²) in [6, 6.07) is 8.65. The molecule has 0 radical (unpaired) electrons. The van der Waals surface area contributed by atoms with Gasteiger partial charge in [0, 0.05) is 20.1 Å². The van der Waals surface area contributed by atoms with Gasteiger partial charge in [0.25, 0.3) is 0 Å². The summed E-state index contributed by atoms with van der Waals surface area (Å²) in [5.74, 6) is 0.129. The highest BCUT2D eigenvalue weighted by molar-refractivity contribution is 5.81. The predicted molar refractivity (Wildman–Crippen MR) is 82.6 cm³/mol. The number of carbonyl (C=O) groups is 1. The van der Waals surface area contributed by atoms with Crippen molar-refractivity contribution in [3.8, 4) is 0 Å². The zero-order chi connectivity index (χ0) is 14.9. The van der Waals surface area contributed by atoms with Crippen molar-refractivity contribution >= 4 is 5.91 Å². The van der Waals surface area contributed by atoms with Crippen molar-refractivity contribution in [3.05, 3.63) is 35.4 Å². The van der Waals surface area contributed by atoms with Gasteiger partial charge < -0.3 is 4.90 Å². The number of nitrogens with one attached hydrogen (secondary N) is 1. The minimum atomic E-state index is -0.166. The summed E-state index contributed by atoms with van der Waals surface area (Å²) < 4.78 is 0. The third-order valence-electron chi connectivity index (χ3n) is 4.41. The van der Waals surface area contributed by atoms with E-state index in [0.717, 1.165) is 12.8 Å². The number of nitrogens with zero attached hydrogens (tertiary/aromatic N) is 1. The molecule has 0 fully saturated rings. The molecule has 1 amide bonds. The Morgan fingerprint density at radius 2 is 2.00 bits per heavy atom. The minimum Gasteiger partial charge on any atom is -0.347 e. The van der Waals surface area contributed by atoms with Gasteiger partial charge in [0.2, 0.25) is 5.91 Å². The molecule has 1 aliphatic rings. The number of benzene rings is 1. The summed E-state index contributed by atoms with van der Waals surface area (Å²) in [4.78, 5) is 13.8. The average molecular weight is 274 g/mol. The molecule has 2 atom stereocenters. The summed E-state index contributed by atoms with van der Waals surface area (Å²) >= 11 is 0. The third kappa shape index (κ3) is 2.88. The summed E-state index contributed by atoms with van der Waals surface area (Å²) in [6.07, 6.45) is 2.27. The van der Waals surface area contributed by atoms with E-state index in [1.54, 1.807) is 19.0 Å². The number of hydrogen-bond donors (Lipinski definition) is 1. The van der Waals surface area contributed by atoms with E-state index in [1.807, 2.05) is 6.92 Å². The van der Waals surface area contributed by atoms with Gasteiger partial charge in [-0.05, 0) is 36.3 Å². The molecule has 0 saturated carbocycles. The summed E-state index contributed by atoms with van der Waals surface area (Å²) in [6.45, 7) is 6.52. The van der Waals surface area contributed by atoms with E-state index in [2.05, 4.69) is 43.4 Å². The number of fused-ring (bicyclic) bond motifs is 1. The highest BCUT2D eigenvalue weighted by Crippen LogP contribution is 2.43. The molecule has 3 heteroatoms. The normalized spacial score (nSPS) is 21.9. The first-order valence-electron chi connectivity index (χ1n) is 7.38.